The maximum absolute atomic E-state index is 13.5. The standard InChI is InChI=1S/C23H27N5O6S.C22H23N5O7S/c1-15(30)11-18(12-29)24-21(32)19-7-4-9-27-20(31)8-10-26(23(34)28(19)27)25-22(33)35-13-16-5-2-3-6-17(16)14-35;28-12-14(11-19(30)31)23-20(32)15-5-3-8-26-18(29)7-9-25(22(34)27(15)26)24-21(33)17-10-13-4-1-2-6-16(13)35-17/h2-3,5-6,12-13,18-19H,4,7-11,14H2,1H3,(H,24,32)(H,25,33);1-2,4,6,10,12,14-15H,3,5,7-9,11H2,(H,23,32)(H,24,33)(H,30,31)/t18-,19-,35?;14-,15-/m00/s1. The summed E-state index contributed by atoms with van der Waals surface area (Å²) in [4.78, 5) is 149. The number of carbonyl (C=O) groups excluding carboxylic acids is 11. The molecule has 1 unspecified atom stereocenters. The van der Waals surface area contributed by atoms with Gasteiger partial charge in [-0.15, -0.1) is 11.3 Å². The molecule has 6 heterocycles. The van der Waals surface area contributed by atoms with Crippen molar-refractivity contribution < 1.29 is 62.6 Å². The van der Waals surface area contributed by atoms with Gasteiger partial charge in [0.1, 0.15) is 30.4 Å². The Bertz CT molecular complexity index is 2640. The first kappa shape index (κ1) is 50.3. The Hall–Kier alpha value is -7.54. The van der Waals surface area contributed by atoms with E-state index in [2.05, 4.69) is 21.5 Å². The fourth-order valence-corrected chi connectivity index (χ4v) is 11.1. The van der Waals surface area contributed by atoms with Crippen molar-refractivity contribution in [2.24, 2.45) is 0 Å². The summed E-state index contributed by atoms with van der Waals surface area (Å²) in [5.41, 5.74) is 7.23. The summed E-state index contributed by atoms with van der Waals surface area (Å²) in [5, 5.41) is 22.7. The molecule has 4 saturated heterocycles. The minimum atomic E-state index is -1.28. The van der Waals surface area contributed by atoms with Gasteiger partial charge >= 0.3 is 18.0 Å². The highest BCUT2D eigenvalue weighted by molar-refractivity contribution is 8.27. The molecule has 4 fully saturated rings. The van der Waals surface area contributed by atoms with Crippen LogP contribution in [0.1, 0.15) is 79.1 Å². The molecule has 23 nitrogen and oxygen atoms in total. The lowest BCUT2D eigenvalue weighted by Gasteiger charge is -2.43. The van der Waals surface area contributed by atoms with Crippen LogP contribution >= 0.6 is 21.8 Å². The average molecular weight is 1000 g/mol. The van der Waals surface area contributed by atoms with E-state index in [9.17, 15) is 57.5 Å². The number of nitrogens with one attached hydrogen (secondary N) is 4. The lowest BCUT2D eigenvalue weighted by molar-refractivity contribution is -0.156. The molecule has 25 heteroatoms. The number of hydrogen-bond donors (Lipinski definition) is 5. The highest BCUT2D eigenvalue weighted by Gasteiger charge is 2.46. The Balaban J connectivity index is 0.000000206. The summed E-state index contributed by atoms with van der Waals surface area (Å²) >= 11 is 1.26. The van der Waals surface area contributed by atoms with E-state index in [0.29, 0.717) is 36.0 Å². The number of hydrazine groups is 4. The minimum absolute atomic E-state index is 0.0180. The first-order chi connectivity index (χ1) is 33.6. The molecule has 5 aliphatic heterocycles. The Labute approximate surface area is 406 Å². The van der Waals surface area contributed by atoms with Crippen LogP contribution in [0, 0.1) is 0 Å². The first-order valence-corrected chi connectivity index (χ1v) is 24.6. The maximum atomic E-state index is 13.5. The number of carboxylic acids is 1. The Morgan fingerprint density at radius 2 is 1.29 bits per heavy atom. The van der Waals surface area contributed by atoms with Crippen molar-refractivity contribution in [3.63, 3.8) is 0 Å². The lowest BCUT2D eigenvalue weighted by Crippen LogP contribution is -2.64. The lowest BCUT2D eigenvalue weighted by atomic mass is 10.1. The molecule has 0 spiro atoms. The van der Waals surface area contributed by atoms with Crippen LogP contribution in [0.4, 0.5) is 14.4 Å². The van der Waals surface area contributed by atoms with Crippen molar-refractivity contribution in [3.05, 3.63) is 70.6 Å². The number of ketones is 1. The van der Waals surface area contributed by atoms with Crippen molar-refractivity contribution in [3.8, 4) is 0 Å². The van der Waals surface area contributed by atoms with Crippen molar-refractivity contribution in [1.29, 1.82) is 0 Å². The number of benzene rings is 2. The van der Waals surface area contributed by atoms with Gasteiger partial charge in [0.25, 0.3) is 11.1 Å². The Kier molecular flexibility index (Phi) is 16.0. The van der Waals surface area contributed by atoms with E-state index < -0.39 is 82.7 Å². The summed E-state index contributed by atoms with van der Waals surface area (Å²) in [6.45, 7) is 1.65. The van der Waals surface area contributed by atoms with Gasteiger partial charge in [0.05, 0.1) is 36.5 Å². The number of amides is 10. The Morgan fingerprint density at radius 3 is 1.83 bits per heavy atom. The number of rotatable bonds is 13. The van der Waals surface area contributed by atoms with Gasteiger partial charge < -0.3 is 25.3 Å². The zero-order chi connectivity index (χ0) is 50.2. The van der Waals surface area contributed by atoms with Gasteiger partial charge in [0, 0.05) is 42.8 Å². The molecule has 5 N–H and O–H groups in total. The number of fused-ring (bicyclic) bond motifs is 4. The molecule has 8 rings (SSSR count). The summed E-state index contributed by atoms with van der Waals surface area (Å²) in [7, 11) is -0.778. The fourth-order valence-electron chi connectivity index (χ4n) is 8.46. The van der Waals surface area contributed by atoms with Crippen LogP contribution in [0.15, 0.2) is 54.6 Å². The highest BCUT2D eigenvalue weighted by atomic mass is 32.2. The first-order valence-electron chi connectivity index (χ1n) is 22.3. The second kappa shape index (κ2) is 22.3. The van der Waals surface area contributed by atoms with Crippen LogP contribution in [-0.2, 0) is 44.1 Å². The zero-order valence-electron chi connectivity index (χ0n) is 37.8. The molecule has 0 aliphatic carbocycles. The van der Waals surface area contributed by atoms with Crippen molar-refractivity contribution in [1.82, 2.24) is 51.5 Å². The topological polar surface area (TPSA) is 293 Å². The van der Waals surface area contributed by atoms with E-state index in [4.69, 9.17) is 5.11 Å². The van der Waals surface area contributed by atoms with Crippen LogP contribution in [0.3, 0.4) is 0 Å². The fraction of sp³-hybridized carbons (Fsp3) is 0.400. The monoisotopic (exact) mass is 1000 g/mol. The van der Waals surface area contributed by atoms with Gasteiger partial charge in [0.15, 0.2) is 0 Å². The predicted octanol–water partition coefficient (Wildman–Crippen LogP) is 1.68. The van der Waals surface area contributed by atoms with Crippen molar-refractivity contribution in [2.45, 2.75) is 88.2 Å². The SMILES string of the molecule is CC(=O)C[C@@H](C=O)NC(=O)[C@@H]1CCCN2C(=O)CCN(NC(=O)S3=Cc4ccccc4C3)C(=O)N12.O=C[C@H](CC(=O)O)NC(=O)[C@@H]1CCCN2C(=O)CCN(NC(=O)c3cc4ccccc4s3)C(=O)N12. The third-order valence-corrected chi connectivity index (χ3v) is 14.7. The number of nitrogens with zero attached hydrogens (tertiary/aromatic N) is 6. The van der Waals surface area contributed by atoms with E-state index >= 15 is 0 Å². The number of hydrogen-bond acceptors (Lipinski definition) is 13. The number of thiophene rings is 1. The van der Waals surface area contributed by atoms with Gasteiger partial charge in [-0.25, -0.2) is 39.6 Å². The molecular weight excluding hydrogens is 953 g/mol. The van der Waals surface area contributed by atoms with Crippen LogP contribution in [-0.4, -0.2) is 162 Å². The molecule has 70 heavy (non-hydrogen) atoms. The smallest absolute Gasteiger partial charge is 0.358 e. The van der Waals surface area contributed by atoms with E-state index in [1.54, 1.807) is 6.07 Å². The molecular formula is C45H50N10O13S2. The highest BCUT2D eigenvalue weighted by Crippen LogP contribution is 2.32. The third kappa shape index (κ3) is 11.5. The van der Waals surface area contributed by atoms with Gasteiger partial charge in [-0.2, -0.15) is 0 Å². The summed E-state index contributed by atoms with van der Waals surface area (Å²) in [6.07, 6.45) is 1.27. The molecule has 370 valence electrons. The average Bonchev–Trinajstić information content (AvgIpc) is 3.95. The molecule has 5 aliphatic rings. The van der Waals surface area contributed by atoms with Gasteiger partial charge in [-0.1, -0.05) is 52.9 Å². The van der Waals surface area contributed by atoms with E-state index in [0.717, 1.165) is 41.2 Å². The van der Waals surface area contributed by atoms with Gasteiger partial charge in [-0.05, 0) is 66.6 Å². The van der Waals surface area contributed by atoms with Crippen LogP contribution in [0.2, 0.25) is 0 Å². The molecule has 2 aromatic carbocycles. The van der Waals surface area contributed by atoms with Crippen molar-refractivity contribution in [2.75, 3.05) is 26.2 Å². The minimum Gasteiger partial charge on any atom is -0.481 e. The van der Waals surface area contributed by atoms with E-state index in [-0.39, 0.29) is 75.2 Å². The maximum Gasteiger partial charge on any atom is 0.358 e. The molecule has 3 aromatic rings. The molecule has 0 saturated carbocycles. The number of urea groups is 2. The second-order valence-electron chi connectivity index (χ2n) is 16.8. The molecule has 0 radical (unpaired) electrons. The van der Waals surface area contributed by atoms with Gasteiger partial charge in [-0.3, -0.25) is 49.2 Å². The molecule has 5 atom stereocenters. The van der Waals surface area contributed by atoms with Crippen LogP contribution in [0.5, 0.6) is 0 Å². The number of aldehydes is 2. The van der Waals surface area contributed by atoms with Crippen LogP contribution in [0.25, 0.3) is 10.1 Å². The summed E-state index contributed by atoms with van der Waals surface area (Å²) in [6, 6.07) is 10.8. The predicted molar refractivity (Wildman–Crippen MR) is 251 cm³/mol. The molecule has 0 bridgehead atoms. The number of carboxylic acid groups (broad SMARTS) is 1. The van der Waals surface area contributed by atoms with Crippen LogP contribution < -0.4 is 21.5 Å². The number of carbonyl (C=O) groups is 12. The van der Waals surface area contributed by atoms with E-state index in [1.807, 2.05) is 53.9 Å². The largest absolute Gasteiger partial charge is 0.481 e. The quantitative estimate of drug-likeness (QED) is 0.121. The summed E-state index contributed by atoms with van der Waals surface area (Å²) < 4.78 is 0.903. The molecule has 10 amide bonds. The second-order valence-corrected chi connectivity index (χ2v) is 19.6. The number of Topliss-reactive ketones (excluding diaryl/α,β-unsaturated/α-hetero) is 1. The molecule has 1 aromatic heterocycles. The number of aliphatic carboxylic acids is 1. The Morgan fingerprint density at radius 1 is 0.743 bits per heavy atom. The summed E-state index contributed by atoms with van der Waals surface area (Å²) in [5.74, 6) is -3.67. The van der Waals surface area contributed by atoms with Crippen molar-refractivity contribution >= 4 is 108 Å². The normalized spacial score (nSPS) is 20.7. The van der Waals surface area contributed by atoms with E-state index in [1.165, 1.54) is 28.3 Å². The zero-order valence-corrected chi connectivity index (χ0v) is 39.4. The van der Waals surface area contributed by atoms with Gasteiger partial charge in [0.2, 0.25) is 23.6 Å². The third-order valence-electron chi connectivity index (χ3n) is 11.8.